The van der Waals surface area contributed by atoms with Crippen molar-refractivity contribution in [3.63, 3.8) is 0 Å². The number of carbonyl (C=O) groups is 3. The zero-order valence-electron chi connectivity index (χ0n) is 7.99. The zero-order valence-corrected chi connectivity index (χ0v) is 7.99. The smallest absolute Gasteiger partial charge is 0.342 e. The first kappa shape index (κ1) is 10.4. The lowest BCUT2D eigenvalue weighted by Crippen LogP contribution is -2.06. The molecule has 0 amide bonds. The van der Waals surface area contributed by atoms with Crippen LogP contribution in [0.4, 0.5) is 0 Å². The molecule has 1 aliphatic heterocycles. The molecular weight excluding hydrogens is 184 g/mol. The second-order valence-corrected chi connectivity index (χ2v) is 2.98. The van der Waals surface area contributed by atoms with Crippen LogP contribution in [0.3, 0.4) is 0 Å². The van der Waals surface area contributed by atoms with Crippen molar-refractivity contribution in [1.82, 2.24) is 0 Å². The van der Waals surface area contributed by atoms with Gasteiger partial charge in [-0.3, -0.25) is 9.59 Å². The SMILES string of the molecule is CC(=O)/C=C/C1=C(C(C)=O)C(=O)OC1. The first-order valence-electron chi connectivity index (χ1n) is 4.12. The van der Waals surface area contributed by atoms with Gasteiger partial charge in [-0.25, -0.2) is 4.79 Å². The van der Waals surface area contributed by atoms with E-state index in [1.165, 1.54) is 26.0 Å². The molecule has 0 fully saturated rings. The van der Waals surface area contributed by atoms with Crippen molar-refractivity contribution in [3.8, 4) is 0 Å². The number of ether oxygens (including phenoxy) is 1. The van der Waals surface area contributed by atoms with Gasteiger partial charge in [-0.2, -0.15) is 0 Å². The highest BCUT2D eigenvalue weighted by Crippen LogP contribution is 2.17. The first-order chi connectivity index (χ1) is 6.52. The van der Waals surface area contributed by atoms with Crippen molar-refractivity contribution in [1.29, 1.82) is 0 Å². The van der Waals surface area contributed by atoms with Crippen LogP contribution >= 0.6 is 0 Å². The minimum absolute atomic E-state index is 0.0440. The van der Waals surface area contributed by atoms with Crippen LogP contribution in [-0.4, -0.2) is 24.1 Å². The molecule has 14 heavy (non-hydrogen) atoms. The highest BCUT2D eigenvalue weighted by Gasteiger charge is 2.26. The first-order valence-corrected chi connectivity index (χ1v) is 4.12. The van der Waals surface area contributed by atoms with E-state index in [2.05, 4.69) is 4.74 Å². The predicted molar refractivity (Wildman–Crippen MR) is 48.5 cm³/mol. The molecule has 0 saturated heterocycles. The van der Waals surface area contributed by atoms with Crippen LogP contribution < -0.4 is 0 Å². The van der Waals surface area contributed by atoms with Crippen LogP contribution in [0.2, 0.25) is 0 Å². The highest BCUT2D eigenvalue weighted by atomic mass is 16.5. The summed E-state index contributed by atoms with van der Waals surface area (Å²) < 4.78 is 4.68. The summed E-state index contributed by atoms with van der Waals surface area (Å²) in [6.07, 6.45) is 2.75. The number of esters is 1. The number of ketones is 2. The summed E-state index contributed by atoms with van der Waals surface area (Å²) in [5.74, 6) is -1.09. The Morgan fingerprint density at radius 1 is 1.36 bits per heavy atom. The van der Waals surface area contributed by atoms with Crippen LogP contribution in [0.25, 0.3) is 0 Å². The molecule has 0 saturated carbocycles. The van der Waals surface area contributed by atoms with E-state index >= 15 is 0 Å². The molecule has 0 unspecified atom stereocenters. The second kappa shape index (κ2) is 4.00. The van der Waals surface area contributed by atoms with Crippen LogP contribution in [0.15, 0.2) is 23.3 Å². The molecule has 0 atom stereocenters. The molecular formula is C10H10O4. The Balaban J connectivity index is 3.00. The van der Waals surface area contributed by atoms with Gasteiger partial charge in [-0.05, 0) is 19.9 Å². The topological polar surface area (TPSA) is 60.4 Å². The third kappa shape index (κ3) is 2.16. The molecule has 0 aromatic carbocycles. The Kier molecular flexibility index (Phi) is 2.96. The Labute approximate surface area is 81.2 Å². The molecule has 0 N–H and O–H groups in total. The molecule has 0 spiro atoms. The molecule has 74 valence electrons. The Morgan fingerprint density at radius 2 is 2.00 bits per heavy atom. The highest BCUT2D eigenvalue weighted by molar-refractivity contribution is 6.18. The Morgan fingerprint density at radius 3 is 2.50 bits per heavy atom. The predicted octanol–water partition coefficient (Wildman–Crippen LogP) is 0.574. The number of carbonyl (C=O) groups excluding carboxylic acids is 3. The summed E-state index contributed by atoms with van der Waals surface area (Å²) in [5, 5.41) is 0. The molecule has 4 heteroatoms. The standard InChI is InChI=1S/C10H10O4/c1-6(11)3-4-8-5-14-10(13)9(8)7(2)12/h3-4H,5H2,1-2H3/b4-3+. The molecule has 0 aromatic rings. The summed E-state index contributed by atoms with van der Waals surface area (Å²) in [7, 11) is 0. The lowest BCUT2D eigenvalue weighted by molar-refractivity contribution is -0.137. The van der Waals surface area contributed by atoms with Crippen LogP contribution in [0, 0.1) is 0 Å². The van der Waals surface area contributed by atoms with Crippen molar-refractivity contribution < 1.29 is 19.1 Å². The lowest BCUT2D eigenvalue weighted by Gasteiger charge is -1.91. The van der Waals surface area contributed by atoms with Crippen LogP contribution in [0.5, 0.6) is 0 Å². The maximum Gasteiger partial charge on any atom is 0.342 e. The normalized spacial score (nSPS) is 16.3. The molecule has 4 nitrogen and oxygen atoms in total. The molecule has 0 bridgehead atoms. The van der Waals surface area contributed by atoms with E-state index in [0.717, 1.165) is 0 Å². The number of cyclic esters (lactones) is 1. The van der Waals surface area contributed by atoms with E-state index < -0.39 is 5.97 Å². The van der Waals surface area contributed by atoms with E-state index in [-0.39, 0.29) is 23.7 Å². The van der Waals surface area contributed by atoms with E-state index in [0.29, 0.717) is 5.57 Å². The van der Waals surface area contributed by atoms with Crippen molar-refractivity contribution in [2.24, 2.45) is 0 Å². The summed E-state index contributed by atoms with van der Waals surface area (Å²) in [6, 6.07) is 0. The van der Waals surface area contributed by atoms with Gasteiger partial charge in [0.25, 0.3) is 0 Å². The average molecular weight is 194 g/mol. The third-order valence-electron chi connectivity index (χ3n) is 1.76. The van der Waals surface area contributed by atoms with Crippen molar-refractivity contribution in [2.45, 2.75) is 13.8 Å². The van der Waals surface area contributed by atoms with E-state index in [9.17, 15) is 14.4 Å². The zero-order chi connectivity index (χ0) is 10.7. The van der Waals surface area contributed by atoms with Gasteiger partial charge in [-0.15, -0.1) is 0 Å². The Hall–Kier alpha value is -1.71. The monoisotopic (exact) mass is 194 g/mol. The van der Waals surface area contributed by atoms with Gasteiger partial charge in [0, 0.05) is 5.57 Å². The number of Topliss-reactive ketones (excluding diaryl/α,β-unsaturated/α-hetero) is 1. The van der Waals surface area contributed by atoms with Gasteiger partial charge >= 0.3 is 5.97 Å². The van der Waals surface area contributed by atoms with Crippen molar-refractivity contribution in [3.05, 3.63) is 23.3 Å². The summed E-state index contributed by atoms with van der Waals surface area (Å²) in [6.45, 7) is 2.75. The summed E-state index contributed by atoms with van der Waals surface area (Å²) in [4.78, 5) is 32.7. The van der Waals surface area contributed by atoms with Crippen molar-refractivity contribution in [2.75, 3.05) is 6.61 Å². The van der Waals surface area contributed by atoms with Crippen LogP contribution in [-0.2, 0) is 19.1 Å². The number of hydrogen-bond acceptors (Lipinski definition) is 4. The van der Waals surface area contributed by atoms with Crippen molar-refractivity contribution >= 4 is 17.5 Å². The maximum absolute atomic E-state index is 11.1. The lowest BCUT2D eigenvalue weighted by atomic mass is 10.1. The third-order valence-corrected chi connectivity index (χ3v) is 1.76. The second-order valence-electron chi connectivity index (χ2n) is 2.98. The molecule has 1 heterocycles. The minimum Gasteiger partial charge on any atom is -0.457 e. The number of rotatable bonds is 3. The van der Waals surface area contributed by atoms with Gasteiger partial charge in [0.05, 0.1) is 0 Å². The average Bonchev–Trinajstić information content (AvgIpc) is 2.43. The molecule has 0 radical (unpaired) electrons. The quantitative estimate of drug-likeness (QED) is 0.374. The van der Waals surface area contributed by atoms with Gasteiger partial charge in [0.1, 0.15) is 12.2 Å². The van der Waals surface area contributed by atoms with E-state index in [4.69, 9.17) is 0 Å². The van der Waals surface area contributed by atoms with Gasteiger partial charge in [0.15, 0.2) is 11.6 Å². The number of hydrogen-bond donors (Lipinski definition) is 0. The molecule has 0 aromatic heterocycles. The van der Waals surface area contributed by atoms with Gasteiger partial charge in [-0.1, -0.05) is 6.08 Å². The van der Waals surface area contributed by atoms with Crippen LogP contribution in [0.1, 0.15) is 13.8 Å². The largest absolute Gasteiger partial charge is 0.457 e. The van der Waals surface area contributed by atoms with Gasteiger partial charge < -0.3 is 4.74 Å². The molecule has 1 rings (SSSR count). The fraction of sp³-hybridized carbons (Fsp3) is 0.300. The molecule has 0 aliphatic carbocycles. The summed E-state index contributed by atoms with van der Waals surface area (Å²) >= 11 is 0. The summed E-state index contributed by atoms with van der Waals surface area (Å²) in [5.41, 5.74) is 0.514. The Bertz CT molecular complexity index is 360. The van der Waals surface area contributed by atoms with E-state index in [1.807, 2.05) is 0 Å². The van der Waals surface area contributed by atoms with Gasteiger partial charge in [0.2, 0.25) is 0 Å². The van der Waals surface area contributed by atoms with E-state index in [1.54, 1.807) is 0 Å². The number of allylic oxidation sites excluding steroid dienone is 1. The minimum atomic E-state index is -0.610. The fourth-order valence-corrected chi connectivity index (χ4v) is 1.14. The maximum atomic E-state index is 11.1. The fourth-order valence-electron chi connectivity index (χ4n) is 1.14. The molecule has 1 aliphatic rings.